The number of nitrogens with zero attached hydrogens (tertiary/aromatic N) is 1. The molecule has 2 heteroatoms. The summed E-state index contributed by atoms with van der Waals surface area (Å²) in [6, 6.07) is 62.2. The van der Waals surface area contributed by atoms with Crippen LogP contribution in [-0.4, -0.2) is 0 Å². The minimum atomic E-state index is 0.906. The summed E-state index contributed by atoms with van der Waals surface area (Å²) in [6.45, 7) is 0. The summed E-state index contributed by atoms with van der Waals surface area (Å²) in [7, 11) is 0. The molecule has 0 radical (unpaired) electrons. The number of hydrogen-bond acceptors (Lipinski definition) is 2. The maximum Gasteiger partial charge on any atom is 0.135 e. The van der Waals surface area contributed by atoms with E-state index in [1.807, 2.05) is 12.1 Å². The molecule has 0 bridgehead atoms. The van der Waals surface area contributed by atoms with Crippen molar-refractivity contribution < 1.29 is 4.42 Å². The fourth-order valence-corrected chi connectivity index (χ4v) is 6.12. The van der Waals surface area contributed by atoms with Gasteiger partial charge < -0.3 is 9.32 Å². The summed E-state index contributed by atoms with van der Waals surface area (Å²) in [6.07, 6.45) is 0. The summed E-state index contributed by atoms with van der Waals surface area (Å²) in [5, 5.41) is 2.27. The van der Waals surface area contributed by atoms with Crippen molar-refractivity contribution in [3.63, 3.8) is 0 Å². The van der Waals surface area contributed by atoms with Crippen LogP contribution in [0.3, 0.4) is 0 Å². The normalized spacial score (nSPS) is 11.2. The molecule has 0 N–H and O–H groups in total. The highest BCUT2D eigenvalue weighted by molar-refractivity contribution is 6.06. The van der Waals surface area contributed by atoms with E-state index in [0.717, 1.165) is 50.1 Å². The number of anilines is 3. The fourth-order valence-electron chi connectivity index (χ4n) is 6.12. The van der Waals surface area contributed by atoms with Gasteiger partial charge in [-0.2, -0.15) is 0 Å². The van der Waals surface area contributed by atoms with Gasteiger partial charge in [0.1, 0.15) is 11.2 Å². The lowest BCUT2D eigenvalue weighted by molar-refractivity contribution is 0.669. The van der Waals surface area contributed by atoms with E-state index >= 15 is 0 Å². The van der Waals surface area contributed by atoms with Crippen LogP contribution >= 0.6 is 0 Å². The molecule has 0 amide bonds. The van der Waals surface area contributed by atoms with E-state index in [1.165, 1.54) is 22.3 Å². The Morgan fingerprint density at radius 1 is 0.341 bits per heavy atom. The molecule has 2 nitrogen and oxygen atoms in total. The molecule has 8 aromatic rings. The second kappa shape index (κ2) is 11.1. The predicted molar refractivity (Wildman–Crippen MR) is 185 cm³/mol. The van der Waals surface area contributed by atoms with Gasteiger partial charge in [-0.15, -0.1) is 0 Å². The van der Waals surface area contributed by atoms with E-state index in [-0.39, 0.29) is 0 Å². The Morgan fingerprint density at radius 2 is 0.932 bits per heavy atom. The molecule has 0 aliphatic carbocycles. The number of rotatable bonds is 6. The van der Waals surface area contributed by atoms with Crippen LogP contribution in [-0.2, 0) is 0 Å². The van der Waals surface area contributed by atoms with Crippen LogP contribution in [0.15, 0.2) is 180 Å². The Labute approximate surface area is 257 Å². The molecule has 0 atom stereocenters. The van der Waals surface area contributed by atoms with Crippen molar-refractivity contribution in [3.8, 4) is 33.4 Å². The Balaban J connectivity index is 1.28. The first kappa shape index (κ1) is 25.8. The summed E-state index contributed by atoms with van der Waals surface area (Å²) < 4.78 is 6.11. The summed E-state index contributed by atoms with van der Waals surface area (Å²) in [4.78, 5) is 2.37. The third-order valence-electron chi connectivity index (χ3n) is 8.28. The number of para-hydroxylation sites is 2. The monoisotopic (exact) mass is 563 g/mol. The molecule has 1 heterocycles. The highest BCUT2D eigenvalue weighted by atomic mass is 16.3. The van der Waals surface area contributed by atoms with Crippen molar-refractivity contribution in [2.45, 2.75) is 0 Å². The van der Waals surface area contributed by atoms with Crippen molar-refractivity contribution in [1.82, 2.24) is 0 Å². The van der Waals surface area contributed by atoms with Crippen molar-refractivity contribution in [3.05, 3.63) is 176 Å². The predicted octanol–water partition coefficient (Wildman–Crippen LogP) is 12.1. The summed E-state index contributed by atoms with van der Waals surface area (Å²) >= 11 is 0. The van der Waals surface area contributed by atoms with Crippen LogP contribution in [0.2, 0.25) is 0 Å². The first-order valence-corrected chi connectivity index (χ1v) is 14.9. The van der Waals surface area contributed by atoms with Gasteiger partial charge in [0.05, 0.1) is 5.69 Å². The van der Waals surface area contributed by atoms with Crippen molar-refractivity contribution in [2.75, 3.05) is 4.90 Å². The molecule has 0 saturated carbocycles. The van der Waals surface area contributed by atoms with E-state index < -0.39 is 0 Å². The number of fused-ring (bicyclic) bond motifs is 3. The first-order chi connectivity index (χ1) is 21.8. The van der Waals surface area contributed by atoms with Gasteiger partial charge >= 0.3 is 0 Å². The molecule has 0 spiro atoms. The van der Waals surface area contributed by atoms with Gasteiger partial charge in [0.2, 0.25) is 0 Å². The van der Waals surface area contributed by atoms with E-state index in [2.05, 4.69) is 169 Å². The van der Waals surface area contributed by atoms with Crippen LogP contribution in [0, 0.1) is 0 Å². The second-order valence-electron chi connectivity index (χ2n) is 11.0. The SMILES string of the molecule is c1ccc(-c2ccc(N(c3cccc(-c4ccc5oc6ccccc6c5c4)c3)c3ccccc3-c3ccccc3)cc2)cc1. The second-order valence-corrected chi connectivity index (χ2v) is 11.0. The standard InChI is InChI=1S/C42H29NO/c1-3-12-30(13-4-1)31-22-25-35(26-23-31)43(40-20-9-7-18-37(40)32-14-5-2-6-15-32)36-17-11-16-33(28-36)34-24-27-42-39(29-34)38-19-8-10-21-41(38)44-42/h1-29H. The van der Waals surface area contributed by atoms with Gasteiger partial charge in [-0.05, 0) is 76.3 Å². The average molecular weight is 564 g/mol. The molecule has 7 aromatic carbocycles. The quantitative estimate of drug-likeness (QED) is 0.200. The lowest BCUT2D eigenvalue weighted by atomic mass is 9.99. The lowest BCUT2D eigenvalue weighted by Crippen LogP contribution is -2.11. The minimum Gasteiger partial charge on any atom is -0.456 e. The molecular formula is C42H29NO. The molecule has 0 aliphatic heterocycles. The topological polar surface area (TPSA) is 16.4 Å². The smallest absolute Gasteiger partial charge is 0.135 e. The molecule has 208 valence electrons. The zero-order valence-corrected chi connectivity index (χ0v) is 24.1. The van der Waals surface area contributed by atoms with E-state index in [9.17, 15) is 0 Å². The van der Waals surface area contributed by atoms with E-state index in [0.29, 0.717) is 0 Å². The average Bonchev–Trinajstić information content (AvgIpc) is 3.48. The summed E-state index contributed by atoms with van der Waals surface area (Å²) in [5.74, 6) is 0. The van der Waals surface area contributed by atoms with Crippen molar-refractivity contribution >= 4 is 39.0 Å². The number of furan rings is 1. The molecule has 0 unspecified atom stereocenters. The molecule has 0 saturated heterocycles. The first-order valence-electron chi connectivity index (χ1n) is 14.9. The molecule has 8 rings (SSSR count). The molecule has 0 fully saturated rings. The van der Waals surface area contributed by atoms with Crippen molar-refractivity contribution in [1.29, 1.82) is 0 Å². The van der Waals surface area contributed by atoms with Gasteiger partial charge in [0, 0.05) is 27.7 Å². The van der Waals surface area contributed by atoms with Gasteiger partial charge in [0.25, 0.3) is 0 Å². The number of benzene rings is 7. The zero-order valence-electron chi connectivity index (χ0n) is 24.1. The third-order valence-corrected chi connectivity index (χ3v) is 8.28. The van der Waals surface area contributed by atoms with Crippen LogP contribution in [0.4, 0.5) is 17.1 Å². The Morgan fingerprint density at radius 3 is 1.75 bits per heavy atom. The van der Waals surface area contributed by atoms with Crippen molar-refractivity contribution in [2.24, 2.45) is 0 Å². The molecule has 44 heavy (non-hydrogen) atoms. The van der Waals surface area contributed by atoms with Gasteiger partial charge in [-0.25, -0.2) is 0 Å². The van der Waals surface area contributed by atoms with Crippen LogP contribution in [0.5, 0.6) is 0 Å². The number of hydrogen-bond donors (Lipinski definition) is 0. The van der Waals surface area contributed by atoms with Gasteiger partial charge in [-0.1, -0.05) is 127 Å². The fraction of sp³-hybridized carbons (Fsp3) is 0. The minimum absolute atomic E-state index is 0.906. The maximum atomic E-state index is 6.11. The third kappa shape index (κ3) is 4.73. The van der Waals surface area contributed by atoms with Crippen LogP contribution < -0.4 is 4.90 Å². The summed E-state index contributed by atoms with van der Waals surface area (Å²) in [5.41, 5.74) is 12.2. The zero-order chi connectivity index (χ0) is 29.3. The molecule has 1 aromatic heterocycles. The Kier molecular flexibility index (Phi) is 6.51. The highest BCUT2D eigenvalue weighted by Gasteiger charge is 2.18. The van der Waals surface area contributed by atoms with Gasteiger partial charge in [0.15, 0.2) is 0 Å². The largest absolute Gasteiger partial charge is 0.456 e. The van der Waals surface area contributed by atoms with Crippen LogP contribution in [0.1, 0.15) is 0 Å². The lowest BCUT2D eigenvalue weighted by Gasteiger charge is -2.28. The maximum absolute atomic E-state index is 6.11. The van der Waals surface area contributed by atoms with E-state index in [4.69, 9.17) is 4.42 Å². The Bertz CT molecular complexity index is 2210. The highest BCUT2D eigenvalue weighted by Crippen LogP contribution is 2.42. The Hall–Kier alpha value is -5.86. The molecular weight excluding hydrogens is 534 g/mol. The molecule has 0 aliphatic rings. The van der Waals surface area contributed by atoms with Crippen LogP contribution in [0.25, 0.3) is 55.3 Å². The van der Waals surface area contributed by atoms with Gasteiger partial charge in [-0.3, -0.25) is 0 Å². The van der Waals surface area contributed by atoms with E-state index in [1.54, 1.807) is 0 Å².